The van der Waals surface area contributed by atoms with Crippen molar-refractivity contribution in [2.45, 2.75) is 6.54 Å². The van der Waals surface area contributed by atoms with E-state index in [2.05, 4.69) is 5.32 Å². The number of ether oxygens (including phenoxy) is 3. The molecule has 2 aromatic carbocycles. The zero-order valence-electron chi connectivity index (χ0n) is 16.3. The molecule has 0 aliphatic carbocycles. The molecule has 0 aliphatic rings. The molecule has 29 heavy (non-hydrogen) atoms. The van der Waals surface area contributed by atoms with Gasteiger partial charge in [0.2, 0.25) is 0 Å². The van der Waals surface area contributed by atoms with Gasteiger partial charge in [-0.25, -0.2) is 4.79 Å². The molecular formula is C22H27NO6. The second-order valence-electron chi connectivity index (χ2n) is 6.10. The van der Waals surface area contributed by atoms with E-state index in [1.807, 2.05) is 60.7 Å². The van der Waals surface area contributed by atoms with Crippen molar-refractivity contribution in [3.8, 4) is 5.75 Å². The molecule has 7 nitrogen and oxygen atoms in total. The largest absolute Gasteiger partial charge is 0.491 e. The Bertz CT molecular complexity index is 743. The second kappa shape index (κ2) is 13.3. The number of rotatable bonds is 13. The Kier molecular flexibility index (Phi) is 10.3. The SMILES string of the molecule is O=C(O)NCc1ccc(/C=C/c2ccc(OCCOCCOCCO)cc2)cc1. The first kappa shape index (κ1) is 22.4. The number of carbonyl (C=O) groups is 1. The Labute approximate surface area is 170 Å². The van der Waals surface area contributed by atoms with Gasteiger partial charge in [0, 0.05) is 6.54 Å². The molecule has 1 amide bonds. The molecule has 0 aromatic heterocycles. The molecule has 0 saturated carbocycles. The molecule has 0 heterocycles. The predicted molar refractivity (Wildman–Crippen MR) is 111 cm³/mol. The van der Waals surface area contributed by atoms with Gasteiger partial charge in [-0.15, -0.1) is 0 Å². The molecule has 7 heteroatoms. The quantitative estimate of drug-likeness (QED) is 0.353. The van der Waals surface area contributed by atoms with Crippen molar-refractivity contribution < 1.29 is 29.2 Å². The maximum atomic E-state index is 10.5. The molecule has 0 atom stereocenters. The normalized spacial score (nSPS) is 10.9. The van der Waals surface area contributed by atoms with E-state index >= 15 is 0 Å². The van der Waals surface area contributed by atoms with Crippen LogP contribution >= 0.6 is 0 Å². The molecule has 2 rings (SSSR count). The lowest BCUT2D eigenvalue weighted by molar-refractivity contribution is 0.0247. The van der Waals surface area contributed by atoms with Gasteiger partial charge in [0.15, 0.2) is 0 Å². The van der Waals surface area contributed by atoms with E-state index in [1.165, 1.54) is 0 Å². The van der Waals surface area contributed by atoms with Gasteiger partial charge in [0.05, 0.1) is 33.0 Å². The molecule has 0 aliphatic heterocycles. The average Bonchev–Trinajstić information content (AvgIpc) is 2.74. The van der Waals surface area contributed by atoms with Crippen molar-refractivity contribution in [3.05, 3.63) is 65.2 Å². The first-order valence-electron chi connectivity index (χ1n) is 9.40. The van der Waals surface area contributed by atoms with Gasteiger partial charge in [-0.2, -0.15) is 0 Å². The van der Waals surface area contributed by atoms with E-state index in [1.54, 1.807) is 0 Å². The number of carboxylic acid groups (broad SMARTS) is 1. The Balaban J connectivity index is 1.69. The van der Waals surface area contributed by atoms with Gasteiger partial charge >= 0.3 is 6.09 Å². The highest BCUT2D eigenvalue weighted by Crippen LogP contribution is 2.15. The fraction of sp³-hybridized carbons (Fsp3) is 0.318. The number of hydrogen-bond donors (Lipinski definition) is 3. The van der Waals surface area contributed by atoms with Gasteiger partial charge in [-0.05, 0) is 28.8 Å². The van der Waals surface area contributed by atoms with E-state index in [9.17, 15) is 4.79 Å². The number of hydrogen-bond acceptors (Lipinski definition) is 5. The zero-order valence-corrected chi connectivity index (χ0v) is 16.3. The van der Waals surface area contributed by atoms with E-state index in [0.717, 1.165) is 22.4 Å². The molecule has 3 N–H and O–H groups in total. The Morgan fingerprint density at radius 3 is 1.97 bits per heavy atom. The first-order valence-corrected chi connectivity index (χ1v) is 9.40. The van der Waals surface area contributed by atoms with Gasteiger partial charge in [0.1, 0.15) is 12.4 Å². The highest BCUT2D eigenvalue weighted by atomic mass is 16.5. The van der Waals surface area contributed by atoms with Crippen LogP contribution in [0.1, 0.15) is 16.7 Å². The fourth-order valence-corrected chi connectivity index (χ4v) is 2.40. The average molecular weight is 401 g/mol. The fourth-order valence-electron chi connectivity index (χ4n) is 2.40. The van der Waals surface area contributed by atoms with Gasteiger partial charge in [-0.3, -0.25) is 0 Å². The summed E-state index contributed by atoms with van der Waals surface area (Å²) in [5.74, 6) is 0.776. The van der Waals surface area contributed by atoms with Crippen LogP contribution in [0.3, 0.4) is 0 Å². The van der Waals surface area contributed by atoms with Crippen LogP contribution in [0.2, 0.25) is 0 Å². The van der Waals surface area contributed by atoms with E-state index in [4.69, 9.17) is 24.4 Å². The summed E-state index contributed by atoms with van der Waals surface area (Å²) in [5, 5.41) is 19.5. The highest BCUT2D eigenvalue weighted by molar-refractivity contribution is 5.70. The molecule has 0 bridgehead atoms. The monoisotopic (exact) mass is 401 g/mol. The van der Waals surface area contributed by atoms with Crippen molar-refractivity contribution in [3.63, 3.8) is 0 Å². The summed E-state index contributed by atoms with van der Waals surface area (Å²) in [6.45, 7) is 2.51. The van der Waals surface area contributed by atoms with Crippen LogP contribution in [-0.4, -0.2) is 55.9 Å². The van der Waals surface area contributed by atoms with Crippen LogP contribution in [0.5, 0.6) is 5.75 Å². The van der Waals surface area contributed by atoms with Crippen LogP contribution < -0.4 is 10.1 Å². The third-order valence-electron chi connectivity index (χ3n) is 3.88. The Morgan fingerprint density at radius 1 is 0.828 bits per heavy atom. The van der Waals surface area contributed by atoms with E-state index in [-0.39, 0.29) is 6.61 Å². The second-order valence-corrected chi connectivity index (χ2v) is 6.10. The molecule has 0 spiro atoms. The van der Waals surface area contributed by atoms with Crippen molar-refractivity contribution >= 4 is 18.2 Å². The third kappa shape index (κ3) is 9.75. The summed E-state index contributed by atoms with van der Waals surface area (Å²) in [5.41, 5.74) is 2.99. The van der Waals surface area contributed by atoms with Crippen molar-refractivity contribution in [1.29, 1.82) is 0 Å². The molecule has 0 radical (unpaired) electrons. The van der Waals surface area contributed by atoms with Crippen LogP contribution in [0.25, 0.3) is 12.2 Å². The lowest BCUT2D eigenvalue weighted by Crippen LogP contribution is -2.19. The highest BCUT2D eigenvalue weighted by Gasteiger charge is 1.97. The summed E-state index contributed by atoms with van der Waals surface area (Å²) in [4.78, 5) is 10.5. The smallest absolute Gasteiger partial charge is 0.404 e. The minimum Gasteiger partial charge on any atom is -0.491 e. The summed E-state index contributed by atoms with van der Waals surface area (Å²) in [6, 6.07) is 15.4. The minimum absolute atomic E-state index is 0.0207. The van der Waals surface area contributed by atoms with Gasteiger partial charge < -0.3 is 29.7 Å². The van der Waals surface area contributed by atoms with Gasteiger partial charge in [-0.1, -0.05) is 48.6 Å². The number of benzene rings is 2. The summed E-state index contributed by atoms with van der Waals surface area (Å²) in [6.07, 6.45) is 2.97. The molecule has 0 fully saturated rings. The number of aliphatic hydroxyl groups is 1. The number of aliphatic hydroxyl groups excluding tert-OH is 1. The summed E-state index contributed by atoms with van der Waals surface area (Å²) in [7, 11) is 0. The van der Waals surface area contributed by atoms with Crippen LogP contribution in [0.15, 0.2) is 48.5 Å². The molecular weight excluding hydrogens is 374 g/mol. The van der Waals surface area contributed by atoms with Crippen molar-refractivity contribution in [2.24, 2.45) is 0 Å². The Morgan fingerprint density at radius 2 is 1.38 bits per heavy atom. The van der Waals surface area contributed by atoms with Crippen LogP contribution in [0.4, 0.5) is 4.79 Å². The molecule has 156 valence electrons. The van der Waals surface area contributed by atoms with Crippen LogP contribution in [0, 0.1) is 0 Å². The predicted octanol–water partition coefficient (Wildman–Crippen LogP) is 3.03. The topological polar surface area (TPSA) is 97.3 Å². The summed E-state index contributed by atoms with van der Waals surface area (Å²) < 4.78 is 16.1. The van der Waals surface area contributed by atoms with Crippen LogP contribution in [-0.2, 0) is 16.0 Å². The lowest BCUT2D eigenvalue weighted by Gasteiger charge is -2.07. The zero-order chi connectivity index (χ0) is 20.7. The van der Waals surface area contributed by atoms with E-state index < -0.39 is 6.09 Å². The lowest BCUT2D eigenvalue weighted by atomic mass is 10.1. The Hall–Kier alpha value is -2.87. The van der Waals surface area contributed by atoms with Crippen molar-refractivity contribution in [1.82, 2.24) is 5.32 Å². The van der Waals surface area contributed by atoms with Gasteiger partial charge in [0.25, 0.3) is 0 Å². The van der Waals surface area contributed by atoms with E-state index in [0.29, 0.717) is 39.6 Å². The molecule has 2 aromatic rings. The number of amides is 1. The number of nitrogens with one attached hydrogen (secondary N) is 1. The first-order chi connectivity index (χ1) is 14.2. The third-order valence-corrected chi connectivity index (χ3v) is 3.88. The minimum atomic E-state index is -1.03. The summed E-state index contributed by atoms with van der Waals surface area (Å²) >= 11 is 0. The maximum Gasteiger partial charge on any atom is 0.404 e. The standard InChI is InChI=1S/C22H27NO6/c24-11-12-27-13-14-28-15-16-29-21-9-7-19(8-10-21)2-1-18-3-5-20(6-4-18)17-23-22(25)26/h1-10,23-24H,11-17H2,(H,25,26)/b2-1+. The maximum absolute atomic E-state index is 10.5. The molecule has 0 unspecified atom stereocenters. The van der Waals surface area contributed by atoms with Crippen molar-refractivity contribution in [2.75, 3.05) is 39.6 Å². The molecule has 0 saturated heterocycles.